The monoisotopic (exact) mass is 248 g/mol. The summed E-state index contributed by atoms with van der Waals surface area (Å²) in [5.41, 5.74) is 3.25. The number of benzene rings is 1. The Morgan fingerprint density at radius 1 is 1.29 bits per heavy atom. The summed E-state index contributed by atoms with van der Waals surface area (Å²) in [5, 5.41) is 5.14. The molecule has 0 saturated heterocycles. The number of halogens is 1. The minimum atomic E-state index is 0.496. The van der Waals surface area contributed by atoms with Gasteiger partial charge in [-0.3, -0.25) is 0 Å². The topological polar surface area (TPSA) is 24.9 Å². The quantitative estimate of drug-likeness (QED) is 0.838. The summed E-state index contributed by atoms with van der Waals surface area (Å²) >= 11 is 6.01. The predicted molar refractivity (Wildman–Crippen MR) is 73.5 cm³/mol. The molecule has 0 saturated carbocycles. The minimum Gasteiger partial charge on any atom is -0.310 e. The lowest BCUT2D eigenvalue weighted by Gasteiger charge is -2.09. The highest BCUT2D eigenvalue weighted by molar-refractivity contribution is 6.30. The van der Waals surface area contributed by atoms with E-state index < -0.39 is 0 Å². The van der Waals surface area contributed by atoms with Crippen molar-refractivity contribution in [1.29, 1.82) is 0 Å². The van der Waals surface area contributed by atoms with Crippen LogP contribution < -0.4 is 5.32 Å². The Morgan fingerprint density at radius 2 is 2.06 bits per heavy atom. The average Bonchev–Trinajstić information content (AvgIpc) is 2.28. The van der Waals surface area contributed by atoms with Gasteiger partial charge in [0.1, 0.15) is 5.15 Å². The van der Waals surface area contributed by atoms with Crippen LogP contribution in [0.1, 0.15) is 25.0 Å². The van der Waals surface area contributed by atoms with E-state index in [0.717, 1.165) is 23.0 Å². The zero-order valence-corrected chi connectivity index (χ0v) is 11.2. The summed E-state index contributed by atoms with van der Waals surface area (Å²) < 4.78 is 0. The first-order valence-corrected chi connectivity index (χ1v) is 6.23. The Morgan fingerprint density at radius 3 is 2.76 bits per heavy atom. The lowest BCUT2D eigenvalue weighted by molar-refractivity contribution is 0.589. The molecular formula is C14H17ClN2. The van der Waals surface area contributed by atoms with Crippen molar-refractivity contribution < 1.29 is 0 Å². The third-order valence-electron chi connectivity index (χ3n) is 2.72. The second kappa shape index (κ2) is 5.03. The second-order valence-electron chi connectivity index (χ2n) is 4.66. The molecule has 2 aromatic rings. The molecule has 0 radical (unpaired) electrons. The van der Waals surface area contributed by atoms with Crippen LogP contribution in [-0.2, 0) is 6.54 Å². The van der Waals surface area contributed by atoms with E-state index in [0.29, 0.717) is 11.2 Å². The van der Waals surface area contributed by atoms with E-state index in [1.54, 1.807) is 0 Å². The van der Waals surface area contributed by atoms with Crippen LogP contribution in [0.3, 0.4) is 0 Å². The van der Waals surface area contributed by atoms with E-state index >= 15 is 0 Å². The van der Waals surface area contributed by atoms with Gasteiger partial charge in [-0.1, -0.05) is 31.5 Å². The van der Waals surface area contributed by atoms with Gasteiger partial charge in [0.15, 0.2) is 0 Å². The van der Waals surface area contributed by atoms with Crippen molar-refractivity contribution in [2.75, 3.05) is 0 Å². The molecule has 1 N–H and O–H groups in total. The second-order valence-corrected chi connectivity index (χ2v) is 5.02. The van der Waals surface area contributed by atoms with E-state index in [2.05, 4.69) is 42.3 Å². The van der Waals surface area contributed by atoms with E-state index in [9.17, 15) is 0 Å². The third-order valence-corrected chi connectivity index (χ3v) is 3.11. The van der Waals surface area contributed by atoms with Crippen LogP contribution in [0.4, 0.5) is 0 Å². The number of nitrogens with zero attached hydrogens (tertiary/aromatic N) is 1. The summed E-state index contributed by atoms with van der Waals surface area (Å²) in [6.45, 7) is 7.15. The summed E-state index contributed by atoms with van der Waals surface area (Å²) in [6, 6.07) is 8.87. The number of aromatic nitrogens is 1. The van der Waals surface area contributed by atoms with Crippen LogP contribution in [0.5, 0.6) is 0 Å². The van der Waals surface area contributed by atoms with Gasteiger partial charge in [-0.25, -0.2) is 4.98 Å². The summed E-state index contributed by atoms with van der Waals surface area (Å²) in [7, 11) is 0. The number of pyridine rings is 1. The zero-order chi connectivity index (χ0) is 12.4. The first-order chi connectivity index (χ1) is 8.06. The smallest absolute Gasteiger partial charge is 0.132 e. The van der Waals surface area contributed by atoms with Gasteiger partial charge in [-0.05, 0) is 36.2 Å². The largest absolute Gasteiger partial charge is 0.310 e. The molecule has 0 amide bonds. The number of hydrogen-bond donors (Lipinski definition) is 1. The molecule has 17 heavy (non-hydrogen) atoms. The first-order valence-electron chi connectivity index (χ1n) is 5.85. The average molecular weight is 249 g/mol. The highest BCUT2D eigenvalue weighted by Gasteiger charge is 2.02. The van der Waals surface area contributed by atoms with Gasteiger partial charge in [0, 0.05) is 18.0 Å². The normalized spacial score (nSPS) is 11.4. The maximum atomic E-state index is 6.01. The third kappa shape index (κ3) is 2.96. The Kier molecular flexibility index (Phi) is 3.65. The molecule has 0 spiro atoms. The van der Waals surface area contributed by atoms with Crippen molar-refractivity contribution in [3.8, 4) is 0 Å². The molecule has 0 aliphatic carbocycles. The van der Waals surface area contributed by atoms with E-state index in [-0.39, 0.29) is 0 Å². The highest BCUT2D eigenvalue weighted by atomic mass is 35.5. The molecule has 1 aromatic carbocycles. The van der Waals surface area contributed by atoms with Crippen LogP contribution in [0.2, 0.25) is 5.15 Å². The molecule has 2 nitrogen and oxygen atoms in total. The Bertz CT molecular complexity index is 535. The van der Waals surface area contributed by atoms with Crippen LogP contribution in [-0.4, -0.2) is 11.0 Å². The standard InChI is InChI=1S/C14H17ClN2/c1-9(2)16-8-11-4-5-13-12(7-11)6-10(3)14(15)17-13/h4-7,9,16H,8H2,1-3H3. The predicted octanol–water partition coefficient (Wildman–Crippen LogP) is 3.69. The van der Waals surface area contributed by atoms with Crippen molar-refractivity contribution >= 4 is 22.5 Å². The van der Waals surface area contributed by atoms with Crippen molar-refractivity contribution in [1.82, 2.24) is 10.3 Å². The van der Waals surface area contributed by atoms with Gasteiger partial charge < -0.3 is 5.32 Å². The van der Waals surface area contributed by atoms with Crippen LogP contribution in [0.15, 0.2) is 24.3 Å². The van der Waals surface area contributed by atoms with Gasteiger partial charge in [0.25, 0.3) is 0 Å². The van der Waals surface area contributed by atoms with Gasteiger partial charge in [-0.2, -0.15) is 0 Å². The lowest BCUT2D eigenvalue weighted by Crippen LogP contribution is -2.21. The first kappa shape index (κ1) is 12.3. The van der Waals surface area contributed by atoms with Crippen LogP contribution in [0.25, 0.3) is 10.9 Å². The molecule has 0 bridgehead atoms. The molecule has 1 aromatic heterocycles. The van der Waals surface area contributed by atoms with E-state index in [1.165, 1.54) is 5.56 Å². The maximum absolute atomic E-state index is 6.01. The van der Waals surface area contributed by atoms with Gasteiger partial charge >= 0.3 is 0 Å². The molecule has 1 heterocycles. The lowest BCUT2D eigenvalue weighted by atomic mass is 10.1. The fourth-order valence-electron chi connectivity index (χ4n) is 1.74. The fourth-order valence-corrected chi connectivity index (χ4v) is 1.89. The van der Waals surface area contributed by atoms with Crippen molar-refractivity contribution in [3.05, 3.63) is 40.5 Å². The Hall–Kier alpha value is -1.12. The molecular weight excluding hydrogens is 232 g/mol. The zero-order valence-electron chi connectivity index (χ0n) is 10.4. The summed E-state index contributed by atoms with van der Waals surface area (Å²) in [5.74, 6) is 0. The number of nitrogens with one attached hydrogen (secondary N) is 1. The van der Waals surface area contributed by atoms with E-state index in [4.69, 9.17) is 11.6 Å². The molecule has 0 unspecified atom stereocenters. The van der Waals surface area contributed by atoms with Crippen LogP contribution in [0, 0.1) is 6.92 Å². The van der Waals surface area contributed by atoms with Crippen molar-refractivity contribution in [2.45, 2.75) is 33.4 Å². The fraction of sp³-hybridized carbons (Fsp3) is 0.357. The number of rotatable bonds is 3. The molecule has 90 valence electrons. The molecule has 0 atom stereocenters. The van der Waals surface area contributed by atoms with Crippen molar-refractivity contribution in [3.63, 3.8) is 0 Å². The minimum absolute atomic E-state index is 0.496. The van der Waals surface area contributed by atoms with Crippen LogP contribution >= 0.6 is 11.6 Å². The summed E-state index contributed by atoms with van der Waals surface area (Å²) in [4.78, 5) is 4.36. The van der Waals surface area contributed by atoms with Gasteiger partial charge in [0.2, 0.25) is 0 Å². The summed E-state index contributed by atoms with van der Waals surface area (Å²) in [6.07, 6.45) is 0. The molecule has 3 heteroatoms. The molecule has 0 aliphatic rings. The van der Waals surface area contributed by atoms with E-state index in [1.807, 2.05) is 13.0 Å². The van der Waals surface area contributed by atoms with Gasteiger partial charge in [0.05, 0.1) is 5.52 Å². The maximum Gasteiger partial charge on any atom is 0.132 e. The number of fused-ring (bicyclic) bond motifs is 1. The molecule has 0 aliphatic heterocycles. The molecule has 0 fully saturated rings. The SMILES string of the molecule is Cc1cc2cc(CNC(C)C)ccc2nc1Cl. The highest BCUT2D eigenvalue weighted by Crippen LogP contribution is 2.20. The Balaban J connectivity index is 2.33. The Labute approximate surface area is 107 Å². The molecule has 2 rings (SSSR count). The van der Waals surface area contributed by atoms with Gasteiger partial charge in [-0.15, -0.1) is 0 Å². The number of aryl methyl sites for hydroxylation is 1. The number of hydrogen-bond acceptors (Lipinski definition) is 2. The van der Waals surface area contributed by atoms with Crippen molar-refractivity contribution in [2.24, 2.45) is 0 Å².